The molecule has 0 saturated carbocycles. The molecule has 1 unspecified atom stereocenters. The van der Waals surface area contributed by atoms with Crippen LogP contribution in [0.25, 0.3) is 0 Å². The number of sulfone groups is 1. The van der Waals surface area contributed by atoms with Crippen LogP contribution in [0.2, 0.25) is 0 Å². The first-order valence-electron chi connectivity index (χ1n) is 6.61. The largest absolute Gasteiger partial charge is 0.314 e. The van der Waals surface area contributed by atoms with Crippen LogP contribution in [0.3, 0.4) is 0 Å². The summed E-state index contributed by atoms with van der Waals surface area (Å²) in [5.41, 5.74) is 1.91. The SMILES string of the molecule is CNCc1cccc(CN2CCSCC2S(C)(=O)=O)n1. The van der Waals surface area contributed by atoms with E-state index in [1.165, 1.54) is 6.26 Å². The minimum absolute atomic E-state index is 0.393. The van der Waals surface area contributed by atoms with Gasteiger partial charge in [0.2, 0.25) is 0 Å². The number of pyridine rings is 1. The molecule has 112 valence electrons. The molecule has 2 heterocycles. The molecule has 1 N–H and O–H groups in total. The van der Waals surface area contributed by atoms with Gasteiger partial charge in [-0.05, 0) is 19.2 Å². The summed E-state index contributed by atoms with van der Waals surface area (Å²) in [4.78, 5) is 6.59. The maximum absolute atomic E-state index is 11.9. The Morgan fingerprint density at radius 2 is 2.20 bits per heavy atom. The fourth-order valence-corrected chi connectivity index (χ4v) is 5.24. The van der Waals surface area contributed by atoms with Crippen molar-refractivity contribution in [2.45, 2.75) is 18.5 Å². The van der Waals surface area contributed by atoms with Crippen molar-refractivity contribution in [3.05, 3.63) is 29.6 Å². The van der Waals surface area contributed by atoms with Gasteiger partial charge in [0.15, 0.2) is 9.84 Å². The van der Waals surface area contributed by atoms with Gasteiger partial charge >= 0.3 is 0 Å². The number of hydrogen-bond acceptors (Lipinski definition) is 6. The summed E-state index contributed by atoms with van der Waals surface area (Å²) in [6, 6.07) is 5.91. The number of nitrogens with one attached hydrogen (secondary N) is 1. The molecule has 7 heteroatoms. The Hall–Kier alpha value is -0.630. The van der Waals surface area contributed by atoms with Gasteiger partial charge in [-0.25, -0.2) is 8.42 Å². The zero-order chi connectivity index (χ0) is 14.6. The molecule has 1 aromatic rings. The van der Waals surface area contributed by atoms with Crippen LogP contribution in [-0.4, -0.2) is 55.0 Å². The van der Waals surface area contributed by atoms with E-state index in [9.17, 15) is 8.42 Å². The van der Waals surface area contributed by atoms with E-state index < -0.39 is 15.2 Å². The molecule has 1 saturated heterocycles. The van der Waals surface area contributed by atoms with Gasteiger partial charge in [0, 0.05) is 37.4 Å². The maximum Gasteiger partial charge on any atom is 0.164 e. The van der Waals surface area contributed by atoms with Gasteiger partial charge in [-0.15, -0.1) is 0 Å². The quantitative estimate of drug-likeness (QED) is 0.864. The van der Waals surface area contributed by atoms with E-state index in [1.54, 1.807) is 11.8 Å². The highest BCUT2D eigenvalue weighted by Crippen LogP contribution is 2.22. The van der Waals surface area contributed by atoms with Gasteiger partial charge in [-0.1, -0.05) is 6.07 Å². The third-order valence-corrected chi connectivity index (χ3v) is 5.96. The van der Waals surface area contributed by atoms with Crippen LogP contribution in [0.5, 0.6) is 0 Å². The van der Waals surface area contributed by atoms with Crippen molar-refractivity contribution in [1.29, 1.82) is 0 Å². The number of nitrogens with zero attached hydrogens (tertiary/aromatic N) is 2. The average molecular weight is 315 g/mol. The smallest absolute Gasteiger partial charge is 0.164 e. The molecule has 1 fully saturated rings. The van der Waals surface area contributed by atoms with Gasteiger partial charge in [-0.3, -0.25) is 9.88 Å². The molecule has 1 aromatic heterocycles. The Morgan fingerprint density at radius 1 is 1.45 bits per heavy atom. The lowest BCUT2D eigenvalue weighted by Crippen LogP contribution is -2.46. The molecule has 1 aliphatic heterocycles. The third-order valence-electron chi connectivity index (χ3n) is 3.27. The fourth-order valence-electron chi connectivity index (χ4n) is 2.30. The summed E-state index contributed by atoms with van der Waals surface area (Å²) >= 11 is 1.70. The lowest BCUT2D eigenvalue weighted by Gasteiger charge is -2.33. The summed E-state index contributed by atoms with van der Waals surface area (Å²) < 4.78 is 23.7. The highest BCUT2D eigenvalue weighted by Gasteiger charge is 2.31. The van der Waals surface area contributed by atoms with E-state index in [2.05, 4.69) is 10.3 Å². The second kappa shape index (κ2) is 6.89. The van der Waals surface area contributed by atoms with E-state index in [-0.39, 0.29) is 0 Å². The molecular formula is C13H21N3O2S2. The Kier molecular flexibility index (Phi) is 5.42. The summed E-state index contributed by atoms with van der Waals surface area (Å²) in [5, 5.41) is 2.68. The van der Waals surface area contributed by atoms with Gasteiger partial charge in [0.1, 0.15) is 5.37 Å². The fraction of sp³-hybridized carbons (Fsp3) is 0.615. The number of thioether (sulfide) groups is 1. The van der Waals surface area contributed by atoms with Crippen LogP contribution in [-0.2, 0) is 22.9 Å². The van der Waals surface area contributed by atoms with E-state index in [0.717, 1.165) is 30.2 Å². The van der Waals surface area contributed by atoms with Crippen molar-refractivity contribution >= 4 is 21.6 Å². The number of hydrogen-bond donors (Lipinski definition) is 1. The third kappa shape index (κ3) is 4.18. The summed E-state index contributed by atoms with van der Waals surface area (Å²) in [5.74, 6) is 1.62. The van der Waals surface area contributed by atoms with E-state index in [0.29, 0.717) is 12.3 Å². The molecule has 0 amide bonds. The molecule has 0 aliphatic carbocycles. The molecule has 0 radical (unpaired) electrons. The summed E-state index contributed by atoms with van der Waals surface area (Å²) in [6.45, 7) is 2.11. The topological polar surface area (TPSA) is 62.3 Å². The van der Waals surface area contributed by atoms with Crippen molar-refractivity contribution in [2.24, 2.45) is 0 Å². The lowest BCUT2D eigenvalue weighted by molar-refractivity contribution is 0.259. The number of rotatable bonds is 5. The summed E-state index contributed by atoms with van der Waals surface area (Å²) in [7, 11) is -1.17. The van der Waals surface area contributed by atoms with Crippen LogP contribution in [0.1, 0.15) is 11.4 Å². The van der Waals surface area contributed by atoms with Gasteiger partial charge < -0.3 is 5.32 Å². The van der Waals surface area contributed by atoms with Crippen molar-refractivity contribution in [3.8, 4) is 0 Å². The Labute approximate surface area is 125 Å². The van der Waals surface area contributed by atoms with E-state index in [1.807, 2.05) is 30.1 Å². The van der Waals surface area contributed by atoms with Crippen LogP contribution < -0.4 is 5.32 Å². The monoisotopic (exact) mass is 315 g/mol. The van der Waals surface area contributed by atoms with E-state index >= 15 is 0 Å². The van der Waals surface area contributed by atoms with Crippen LogP contribution in [0.15, 0.2) is 18.2 Å². The van der Waals surface area contributed by atoms with Crippen molar-refractivity contribution < 1.29 is 8.42 Å². The molecule has 1 aliphatic rings. The first kappa shape index (κ1) is 15.8. The first-order chi connectivity index (χ1) is 9.50. The molecule has 2 rings (SSSR count). The first-order valence-corrected chi connectivity index (χ1v) is 9.71. The zero-order valence-electron chi connectivity index (χ0n) is 11.9. The standard InChI is InChI=1S/C13H21N3O2S2/c1-14-8-11-4-3-5-12(15-11)9-16-6-7-19-10-13(16)20(2,17)18/h3-5,13-14H,6-10H2,1-2H3. The Morgan fingerprint density at radius 3 is 2.90 bits per heavy atom. The molecule has 1 atom stereocenters. The highest BCUT2D eigenvalue weighted by molar-refractivity contribution is 8.00. The average Bonchev–Trinajstić information content (AvgIpc) is 2.39. The van der Waals surface area contributed by atoms with E-state index in [4.69, 9.17) is 0 Å². The second-order valence-corrected chi connectivity index (χ2v) is 8.33. The highest BCUT2D eigenvalue weighted by atomic mass is 32.2. The van der Waals surface area contributed by atoms with Crippen LogP contribution >= 0.6 is 11.8 Å². The molecule has 0 spiro atoms. The van der Waals surface area contributed by atoms with Crippen LogP contribution in [0, 0.1) is 0 Å². The minimum Gasteiger partial charge on any atom is -0.314 e. The predicted molar refractivity (Wildman–Crippen MR) is 83.4 cm³/mol. The summed E-state index contributed by atoms with van der Waals surface area (Å²) in [6.07, 6.45) is 1.32. The van der Waals surface area contributed by atoms with Gasteiger partial charge in [0.05, 0.1) is 11.4 Å². The molecule has 20 heavy (non-hydrogen) atoms. The van der Waals surface area contributed by atoms with Crippen molar-refractivity contribution in [1.82, 2.24) is 15.2 Å². The molecule has 5 nitrogen and oxygen atoms in total. The molecule has 0 aromatic carbocycles. The van der Waals surface area contributed by atoms with Gasteiger partial charge in [-0.2, -0.15) is 11.8 Å². The Balaban J connectivity index is 2.12. The van der Waals surface area contributed by atoms with Crippen molar-refractivity contribution in [3.63, 3.8) is 0 Å². The lowest BCUT2D eigenvalue weighted by atomic mass is 10.2. The Bertz CT molecular complexity index is 548. The van der Waals surface area contributed by atoms with Gasteiger partial charge in [0.25, 0.3) is 0 Å². The predicted octanol–water partition coefficient (Wildman–Crippen LogP) is 0.720. The maximum atomic E-state index is 11.9. The number of aromatic nitrogens is 1. The van der Waals surface area contributed by atoms with Crippen LogP contribution in [0.4, 0.5) is 0 Å². The minimum atomic E-state index is -3.05. The molecule has 0 bridgehead atoms. The zero-order valence-corrected chi connectivity index (χ0v) is 13.5. The normalized spacial score (nSPS) is 21.0. The second-order valence-electron chi connectivity index (χ2n) is 4.98. The molecular weight excluding hydrogens is 294 g/mol. The van der Waals surface area contributed by atoms with Crippen molar-refractivity contribution in [2.75, 3.05) is 31.4 Å².